The lowest BCUT2D eigenvalue weighted by Crippen LogP contribution is -2.37. The zero-order valence-corrected chi connectivity index (χ0v) is 10.9. The SMILES string of the molecule is O=C(O)c1sccc1OCCCN1CCOCC1. The van der Waals surface area contributed by atoms with Crippen LogP contribution in [0.5, 0.6) is 5.75 Å². The molecule has 1 aromatic rings. The summed E-state index contributed by atoms with van der Waals surface area (Å²) in [5.41, 5.74) is 0. The van der Waals surface area contributed by atoms with Gasteiger partial charge in [-0.1, -0.05) is 0 Å². The Morgan fingerprint density at radius 2 is 2.28 bits per heavy atom. The first-order valence-corrected chi connectivity index (χ1v) is 6.89. The van der Waals surface area contributed by atoms with Crippen LogP contribution >= 0.6 is 11.3 Å². The Balaban J connectivity index is 1.68. The van der Waals surface area contributed by atoms with Crippen LogP contribution in [0.15, 0.2) is 11.4 Å². The first-order valence-electron chi connectivity index (χ1n) is 6.01. The largest absolute Gasteiger partial charge is 0.492 e. The average Bonchev–Trinajstić information content (AvgIpc) is 2.84. The molecule has 1 aliphatic rings. The van der Waals surface area contributed by atoms with Crippen LogP contribution in [0.25, 0.3) is 0 Å². The summed E-state index contributed by atoms with van der Waals surface area (Å²) < 4.78 is 10.8. The van der Waals surface area contributed by atoms with Crippen molar-refractivity contribution < 1.29 is 19.4 Å². The van der Waals surface area contributed by atoms with Gasteiger partial charge in [0.1, 0.15) is 5.75 Å². The number of morpholine rings is 1. The van der Waals surface area contributed by atoms with Crippen LogP contribution < -0.4 is 4.74 Å². The molecule has 100 valence electrons. The van der Waals surface area contributed by atoms with Gasteiger partial charge in [-0.25, -0.2) is 4.79 Å². The third kappa shape index (κ3) is 3.69. The van der Waals surface area contributed by atoms with E-state index in [4.69, 9.17) is 14.6 Å². The summed E-state index contributed by atoms with van der Waals surface area (Å²) >= 11 is 1.19. The summed E-state index contributed by atoms with van der Waals surface area (Å²) in [5.74, 6) is -0.442. The van der Waals surface area contributed by atoms with Gasteiger partial charge in [-0.15, -0.1) is 11.3 Å². The van der Waals surface area contributed by atoms with Crippen molar-refractivity contribution in [1.82, 2.24) is 4.90 Å². The van der Waals surface area contributed by atoms with E-state index in [1.54, 1.807) is 11.4 Å². The van der Waals surface area contributed by atoms with Crippen molar-refractivity contribution in [2.75, 3.05) is 39.5 Å². The fourth-order valence-corrected chi connectivity index (χ4v) is 2.53. The maximum atomic E-state index is 10.9. The molecule has 0 aromatic carbocycles. The minimum absolute atomic E-state index is 0.279. The third-order valence-electron chi connectivity index (χ3n) is 2.80. The predicted octanol–water partition coefficient (Wildman–Crippen LogP) is 1.55. The lowest BCUT2D eigenvalue weighted by Gasteiger charge is -2.26. The number of aromatic carboxylic acids is 1. The van der Waals surface area contributed by atoms with Gasteiger partial charge in [-0.2, -0.15) is 0 Å². The average molecular weight is 271 g/mol. The molecule has 0 unspecified atom stereocenters. The Kier molecular flexibility index (Phi) is 4.98. The highest BCUT2D eigenvalue weighted by atomic mass is 32.1. The molecule has 2 heterocycles. The van der Waals surface area contributed by atoms with Crippen LogP contribution in [0, 0.1) is 0 Å². The number of nitrogens with zero attached hydrogens (tertiary/aromatic N) is 1. The van der Waals surface area contributed by atoms with Gasteiger partial charge in [0.05, 0.1) is 19.8 Å². The summed E-state index contributed by atoms with van der Waals surface area (Å²) in [6, 6.07) is 1.71. The van der Waals surface area contributed by atoms with E-state index in [-0.39, 0.29) is 4.88 Å². The van der Waals surface area contributed by atoms with E-state index in [2.05, 4.69) is 4.90 Å². The highest BCUT2D eigenvalue weighted by Gasteiger charge is 2.13. The highest BCUT2D eigenvalue weighted by Crippen LogP contribution is 2.24. The number of carboxylic acids is 1. The summed E-state index contributed by atoms with van der Waals surface area (Å²) in [4.78, 5) is 13.5. The maximum absolute atomic E-state index is 10.9. The standard InChI is InChI=1S/C12H17NO4S/c14-12(15)11-10(2-9-18-11)17-6-1-3-13-4-7-16-8-5-13/h2,9H,1,3-8H2,(H,14,15). The summed E-state index contributed by atoms with van der Waals surface area (Å²) in [6.45, 7) is 5.06. The first-order chi connectivity index (χ1) is 8.77. The molecule has 1 aromatic heterocycles. The van der Waals surface area contributed by atoms with Crippen LogP contribution in [0.4, 0.5) is 0 Å². The van der Waals surface area contributed by atoms with Crippen molar-refractivity contribution in [3.8, 4) is 5.75 Å². The second-order valence-electron chi connectivity index (χ2n) is 4.08. The van der Waals surface area contributed by atoms with E-state index >= 15 is 0 Å². The van der Waals surface area contributed by atoms with Crippen molar-refractivity contribution in [3.05, 3.63) is 16.3 Å². The molecule has 0 saturated carbocycles. The van der Waals surface area contributed by atoms with Gasteiger partial charge in [0, 0.05) is 19.6 Å². The number of hydrogen-bond donors (Lipinski definition) is 1. The monoisotopic (exact) mass is 271 g/mol. The molecular formula is C12H17NO4S. The zero-order chi connectivity index (χ0) is 12.8. The lowest BCUT2D eigenvalue weighted by atomic mass is 10.3. The molecule has 0 spiro atoms. The topological polar surface area (TPSA) is 59.0 Å². The molecule has 1 fully saturated rings. The molecule has 0 atom stereocenters. The Morgan fingerprint density at radius 3 is 3.00 bits per heavy atom. The number of rotatable bonds is 6. The second kappa shape index (κ2) is 6.72. The number of carbonyl (C=O) groups is 1. The number of hydrogen-bond acceptors (Lipinski definition) is 5. The summed E-state index contributed by atoms with van der Waals surface area (Å²) in [7, 11) is 0. The lowest BCUT2D eigenvalue weighted by molar-refractivity contribution is 0.0357. The van der Waals surface area contributed by atoms with E-state index in [9.17, 15) is 4.79 Å². The molecule has 1 saturated heterocycles. The fourth-order valence-electron chi connectivity index (χ4n) is 1.86. The normalized spacial score (nSPS) is 16.7. The number of thiophene rings is 1. The van der Waals surface area contributed by atoms with Crippen LogP contribution in [-0.4, -0.2) is 55.4 Å². The van der Waals surface area contributed by atoms with Crippen molar-refractivity contribution >= 4 is 17.3 Å². The smallest absolute Gasteiger partial charge is 0.349 e. The van der Waals surface area contributed by atoms with Gasteiger partial charge in [0.25, 0.3) is 0 Å². The molecule has 18 heavy (non-hydrogen) atoms. The highest BCUT2D eigenvalue weighted by molar-refractivity contribution is 7.12. The zero-order valence-electron chi connectivity index (χ0n) is 10.1. The molecule has 0 aliphatic carbocycles. The summed E-state index contributed by atoms with van der Waals surface area (Å²) in [5, 5.41) is 10.7. The molecule has 1 N–H and O–H groups in total. The summed E-state index contributed by atoms with van der Waals surface area (Å²) in [6.07, 6.45) is 0.898. The first kappa shape index (κ1) is 13.3. The van der Waals surface area contributed by atoms with Gasteiger partial charge in [0.15, 0.2) is 4.88 Å². The molecule has 1 aliphatic heterocycles. The van der Waals surface area contributed by atoms with Crippen LogP contribution in [0.2, 0.25) is 0 Å². The minimum Gasteiger partial charge on any atom is -0.492 e. The van der Waals surface area contributed by atoms with Crippen LogP contribution in [0.1, 0.15) is 16.1 Å². The Bertz CT molecular complexity index is 387. The van der Waals surface area contributed by atoms with Crippen LogP contribution in [-0.2, 0) is 4.74 Å². The molecule has 0 radical (unpaired) electrons. The molecule has 6 heteroatoms. The van der Waals surface area contributed by atoms with Gasteiger partial charge in [-0.05, 0) is 17.9 Å². The van der Waals surface area contributed by atoms with Gasteiger partial charge in [-0.3, -0.25) is 4.90 Å². The van der Waals surface area contributed by atoms with E-state index < -0.39 is 5.97 Å². The van der Waals surface area contributed by atoms with Gasteiger partial charge in [0.2, 0.25) is 0 Å². The van der Waals surface area contributed by atoms with Crippen molar-refractivity contribution in [1.29, 1.82) is 0 Å². The Hall–Kier alpha value is -1.11. The molecule has 2 rings (SSSR count). The molecule has 0 amide bonds. The number of ether oxygens (including phenoxy) is 2. The van der Waals surface area contributed by atoms with E-state index in [0.29, 0.717) is 12.4 Å². The predicted molar refractivity (Wildman–Crippen MR) is 68.6 cm³/mol. The Labute approximate surface area is 110 Å². The third-order valence-corrected chi connectivity index (χ3v) is 3.69. The quantitative estimate of drug-likeness (QED) is 0.795. The number of carboxylic acid groups (broad SMARTS) is 1. The van der Waals surface area contributed by atoms with E-state index in [1.165, 1.54) is 11.3 Å². The minimum atomic E-state index is -0.923. The maximum Gasteiger partial charge on any atom is 0.349 e. The second-order valence-corrected chi connectivity index (χ2v) is 4.99. The van der Waals surface area contributed by atoms with Crippen molar-refractivity contribution in [2.45, 2.75) is 6.42 Å². The molecular weight excluding hydrogens is 254 g/mol. The molecule has 5 nitrogen and oxygen atoms in total. The van der Waals surface area contributed by atoms with Gasteiger partial charge >= 0.3 is 5.97 Å². The van der Waals surface area contributed by atoms with E-state index in [1.807, 2.05) is 0 Å². The van der Waals surface area contributed by atoms with Crippen molar-refractivity contribution in [2.24, 2.45) is 0 Å². The van der Waals surface area contributed by atoms with Gasteiger partial charge < -0.3 is 14.6 Å². The molecule has 0 bridgehead atoms. The van der Waals surface area contributed by atoms with E-state index in [0.717, 1.165) is 39.3 Å². The Morgan fingerprint density at radius 1 is 1.50 bits per heavy atom. The fraction of sp³-hybridized carbons (Fsp3) is 0.583. The van der Waals surface area contributed by atoms with Crippen molar-refractivity contribution in [3.63, 3.8) is 0 Å². The van der Waals surface area contributed by atoms with Crippen LogP contribution in [0.3, 0.4) is 0 Å².